The van der Waals surface area contributed by atoms with Crippen LogP contribution in [-0.4, -0.2) is 45.1 Å². The van der Waals surface area contributed by atoms with E-state index >= 15 is 0 Å². The molecule has 1 aromatic rings. The van der Waals surface area contributed by atoms with Gasteiger partial charge in [0.25, 0.3) is 0 Å². The summed E-state index contributed by atoms with van der Waals surface area (Å²) < 4.78 is 32.5. The molecule has 0 aliphatic carbocycles. The number of morpholine rings is 1. The van der Waals surface area contributed by atoms with Crippen molar-refractivity contribution in [3.63, 3.8) is 0 Å². The van der Waals surface area contributed by atoms with Gasteiger partial charge in [-0.15, -0.1) is 0 Å². The van der Waals surface area contributed by atoms with Crippen LogP contribution in [0.4, 0.5) is 0 Å². The Kier molecular flexibility index (Phi) is 3.81. The molecule has 2 saturated heterocycles. The van der Waals surface area contributed by atoms with Crippen molar-refractivity contribution >= 4 is 10.0 Å². The van der Waals surface area contributed by atoms with E-state index in [4.69, 9.17) is 4.74 Å². The fourth-order valence-corrected chi connectivity index (χ4v) is 4.41. The van der Waals surface area contributed by atoms with Gasteiger partial charge in [0.2, 0.25) is 10.0 Å². The number of ether oxygens (including phenoxy) is 1. The summed E-state index contributed by atoms with van der Waals surface area (Å²) in [6.45, 7) is 1.70. The van der Waals surface area contributed by atoms with E-state index in [1.807, 2.05) is 19.2 Å². The van der Waals surface area contributed by atoms with Crippen molar-refractivity contribution in [2.75, 3.05) is 20.1 Å². The van der Waals surface area contributed by atoms with Crippen LogP contribution in [0.3, 0.4) is 0 Å². The standard InChI is InChI=1S/C14H20N2O3S/c1-15-8-11-2-6-14(7-3-11)20(17,18)16-9-12-4-5-13(10-16)19-12/h2-3,6-7,12-13,15H,4-5,8-10H2,1H3. The molecule has 110 valence electrons. The number of nitrogens with zero attached hydrogens (tertiary/aromatic N) is 1. The van der Waals surface area contributed by atoms with E-state index in [1.165, 1.54) is 0 Å². The summed E-state index contributed by atoms with van der Waals surface area (Å²) in [6.07, 6.45) is 2.09. The highest BCUT2D eigenvalue weighted by Crippen LogP contribution is 2.29. The third-order valence-electron chi connectivity index (χ3n) is 3.95. The maximum absolute atomic E-state index is 12.6. The smallest absolute Gasteiger partial charge is 0.243 e. The lowest BCUT2D eigenvalue weighted by molar-refractivity contribution is -0.0114. The molecule has 2 fully saturated rings. The number of fused-ring (bicyclic) bond motifs is 2. The molecule has 0 saturated carbocycles. The lowest BCUT2D eigenvalue weighted by Crippen LogP contribution is -2.45. The van der Waals surface area contributed by atoms with Crippen molar-refractivity contribution < 1.29 is 13.2 Å². The predicted molar refractivity (Wildman–Crippen MR) is 75.9 cm³/mol. The van der Waals surface area contributed by atoms with Crippen LogP contribution in [0, 0.1) is 0 Å². The minimum atomic E-state index is -3.39. The zero-order chi connectivity index (χ0) is 14.2. The molecular weight excluding hydrogens is 276 g/mol. The number of hydrogen-bond acceptors (Lipinski definition) is 4. The highest BCUT2D eigenvalue weighted by atomic mass is 32.2. The Morgan fingerprint density at radius 2 is 1.80 bits per heavy atom. The first-order valence-electron chi connectivity index (χ1n) is 6.99. The Morgan fingerprint density at radius 1 is 1.20 bits per heavy atom. The third kappa shape index (κ3) is 2.61. The van der Waals surface area contributed by atoms with Crippen molar-refractivity contribution in [2.45, 2.75) is 36.5 Å². The fourth-order valence-electron chi connectivity index (χ4n) is 2.91. The molecule has 20 heavy (non-hydrogen) atoms. The lowest BCUT2D eigenvalue weighted by Gasteiger charge is -2.31. The lowest BCUT2D eigenvalue weighted by atomic mass is 10.2. The normalized spacial score (nSPS) is 26.9. The van der Waals surface area contributed by atoms with Gasteiger partial charge in [-0.3, -0.25) is 0 Å². The summed E-state index contributed by atoms with van der Waals surface area (Å²) in [4.78, 5) is 0.374. The number of benzene rings is 1. The first-order valence-corrected chi connectivity index (χ1v) is 8.43. The van der Waals surface area contributed by atoms with Crippen LogP contribution in [0.1, 0.15) is 18.4 Å². The second-order valence-electron chi connectivity index (χ2n) is 5.45. The SMILES string of the molecule is CNCc1ccc(S(=O)(=O)N2CC3CCC(C2)O3)cc1. The highest BCUT2D eigenvalue weighted by molar-refractivity contribution is 7.89. The minimum absolute atomic E-state index is 0.0760. The monoisotopic (exact) mass is 296 g/mol. The predicted octanol–water partition coefficient (Wildman–Crippen LogP) is 0.958. The van der Waals surface area contributed by atoms with Gasteiger partial charge in [0, 0.05) is 19.6 Å². The van der Waals surface area contributed by atoms with Crippen LogP contribution in [0.25, 0.3) is 0 Å². The van der Waals surface area contributed by atoms with Crippen LogP contribution in [0.2, 0.25) is 0 Å². The van der Waals surface area contributed by atoms with Crippen molar-refractivity contribution in [1.29, 1.82) is 0 Å². The van der Waals surface area contributed by atoms with Gasteiger partial charge in [0.15, 0.2) is 0 Å². The minimum Gasteiger partial charge on any atom is -0.372 e. The molecule has 3 rings (SSSR count). The van der Waals surface area contributed by atoms with E-state index in [9.17, 15) is 8.42 Å². The molecular formula is C14H20N2O3S. The zero-order valence-corrected chi connectivity index (χ0v) is 12.4. The maximum Gasteiger partial charge on any atom is 0.243 e. The summed E-state index contributed by atoms with van der Waals surface area (Å²) in [7, 11) is -1.52. The Balaban J connectivity index is 1.80. The van der Waals surface area contributed by atoms with E-state index in [-0.39, 0.29) is 12.2 Å². The van der Waals surface area contributed by atoms with Crippen LogP contribution >= 0.6 is 0 Å². The summed E-state index contributed by atoms with van der Waals surface area (Å²) in [5, 5.41) is 3.05. The Bertz CT molecular complexity index is 559. The van der Waals surface area contributed by atoms with E-state index in [0.717, 1.165) is 24.9 Å². The maximum atomic E-state index is 12.6. The van der Waals surface area contributed by atoms with Crippen LogP contribution < -0.4 is 5.32 Å². The molecule has 2 unspecified atom stereocenters. The Labute approximate surface area is 120 Å². The summed E-state index contributed by atoms with van der Waals surface area (Å²) in [5.41, 5.74) is 1.08. The van der Waals surface area contributed by atoms with Gasteiger partial charge in [0.05, 0.1) is 17.1 Å². The van der Waals surface area contributed by atoms with Crippen molar-refractivity contribution in [3.8, 4) is 0 Å². The van der Waals surface area contributed by atoms with E-state index in [1.54, 1.807) is 16.4 Å². The molecule has 1 aromatic carbocycles. The second kappa shape index (κ2) is 5.44. The molecule has 2 atom stereocenters. The topological polar surface area (TPSA) is 58.6 Å². The molecule has 2 heterocycles. The quantitative estimate of drug-likeness (QED) is 0.899. The van der Waals surface area contributed by atoms with Gasteiger partial charge in [-0.05, 0) is 37.6 Å². The van der Waals surface area contributed by atoms with Gasteiger partial charge < -0.3 is 10.1 Å². The molecule has 0 spiro atoms. The number of sulfonamides is 1. The molecule has 0 amide bonds. The highest BCUT2D eigenvalue weighted by Gasteiger charge is 2.39. The van der Waals surface area contributed by atoms with Crippen LogP contribution in [0.5, 0.6) is 0 Å². The largest absolute Gasteiger partial charge is 0.372 e. The average molecular weight is 296 g/mol. The van der Waals surface area contributed by atoms with Crippen molar-refractivity contribution in [3.05, 3.63) is 29.8 Å². The van der Waals surface area contributed by atoms with Crippen molar-refractivity contribution in [2.24, 2.45) is 0 Å². The second-order valence-corrected chi connectivity index (χ2v) is 7.39. The van der Waals surface area contributed by atoms with Crippen molar-refractivity contribution in [1.82, 2.24) is 9.62 Å². The molecule has 5 nitrogen and oxygen atoms in total. The Morgan fingerprint density at radius 3 is 2.35 bits per heavy atom. The Hall–Kier alpha value is -0.950. The van der Waals surface area contributed by atoms with Gasteiger partial charge in [-0.1, -0.05) is 12.1 Å². The first-order chi connectivity index (χ1) is 9.59. The fraction of sp³-hybridized carbons (Fsp3) is 0.571. The van der Waals surface area contributed by atoms with Gasteiger partial charge in [-0.25, -0.2) is 8.42 Å². The molecule has 6 heteroatoms. The van der Waals surface area contributed by atoms with E-state index in [2.05, 4.69) is 5.32 Å². The molecule has 2 aliphatic rings. The van der Waals surface area contributed by atoms with Crippen LogP contribution in [0.15, 0.2) is 29.2 Å². The third-order valence-corrected chi connectivity index (χ3v) is 5.80. The molecule has 0 radical (unpaired) electrons. The molecule has 2 aliphatic heterocycles. The zero-order valence-electron chi connectivity index (χ0n) is 11.6. The first kappa shape index (κ1) is 14.0. The van der Waals surface area contributed by atoms with E-state index in [0.29, 0.717) is 18.0 Å². The summed E-state index contributed by atoms with van der Waals surface area (Å²) >= 11 is 0. The number of rotatable bonds is 4. The van der Waals surface area contributed by atoms with Crippen LogP contribution in [-0.2, 0) is 21.3 Å². The summed E-state index contributed by atoms with van der Waals surface area (Å²) in [6, 6.07) is 7.11. The average Bonchev–Trinajstić information content (AvgIpc) is 2.78. The molecule has 0 aromatic heterocycles. The van der Waals surface area contributed by atoms with Gasteiger partial charge >= 0.3 is 0 Å². The number of nitrogens with one attached hydrogen (secondary N) is 1. The molecule has 1 N–H and O–H groups in total. The number of hydrogen-bond donors (Lipinski definition) is 1. The van der Waals surface area contributed by atoms with Gasteiger partial charge in [-0.2, -0.15) is 4.31 Å². The molecule has 2 bridgehead atoms. The van der Waals surface area contributed by atoms with E-state index < -0.39 is 10.0 Å². The summed E-state index contributed by atoms with van der Waals surface area (Å²) in [5.74, 6) is 0. The van der Waals surface area contributed by atoms with Gasteiger partial charge in [0.1, 0.15) is 0 Å².